The van der Waals surface area contributed by atoms with E-state index in [1.165, 1.54) is 24.3 Å². The van der Waals surface area contributed by atoms with Crippen molar-refractivity contribution in [1.82, 2.24) is 0 Å². The Morgan fingerprint density at radius 3 is 2.25 bits per heavy atom. The largest absolute Gasteiger partial charge is 0.362 e. The van der Waals surface area contributed by atoms with E-state index in [2.05, 4.69) is 10.6 Å². The van der Waals surface area contributed by atoms with Gasteiger partial charge in [-0.1, -0.05) is 29.3 Å². The smallest absolute Gasteiger partial charge is 0.250 e. The van der Waals surface area contributed by atoms with Gasteiger partial charge in [0.05, 0.1) is 15.7 Å². The number of hydrogen-bond acceptors (Lipinski definition) is 3. The van der Waals surface area contributed by atoms with E-state index in [0.29, 0.717) is 16.4 Å². The van der Waals surface area contributed by atoms with Crippen molar-refractivity contribution in [2.24, 2.45) is 0 Å². The van der Waals surface area contributed by atoms with Gasteiger partial charge in [-0.25, -0.2) is 4.39 Å². The molecule has 2 aromatic carbocycles. The van der Waals surface area contributed by atoms with Crippen molar-refractivity contribution in [3.05, 3.63) is 58.3 Å². The molecular weight excluding hydrogens is 358 g/mol. The summed E-state index contributed by atoms with van der Waals surface area (Å²) in [5.41, 5.74) is 0.786. The zero-order chi connectivity index (χ0) is 17.5. The highest BCUT2D eigenvalue weighted by Crippen LogP contribution is 2.29. The van der Waals surface area contributed by atoms with E-state index >= 15 is 0 Å². The summed E-state index contributed by atoms with van der Waals surface area (Å²) in [4.78, 5) is 23.4. The molecular formula is C16H13Cl2FN2O3. The van der Waals surface area contributed by atoms with E-state index in [0.717, 1.165) is 0 Å². The van der Waals surface area contributed by atoms with Gasteiger partial charge < -0.3 is 15.4 Å². The van der Waals surface area contributed by atoms with E-state index in [1.54, 1.807) is 18.2 Å². The fourth-order valence-electron chi connectivity index (χ4n) is 1.75. The standard InChI is InChI=1S/C16H13Cl2FN2O3/c17-12-2-1-3-13(16(12)18)21-15(23)9-24-8-14(22)20-11-6-4-10(19)5-7-11/h1-7H,8-9H2,(H,20,22)(H,21,23). The Hall–Kier alpha value is -2.15. The number of carbonyl (C=O) groups excluding carboxylic acids is 2. The number of anilines is 2. The predicted octanol–water partition coefficient (Wildman–Crippen LogP) is 3.73. The lowest BCUT2D eigenvalue weighted by atomic mass is 10.3. The molecule has 0 heterocycles. The van der Waals surface area contributed by atoms with Gasteiger partial charge in [-0.15, -0.1) is 0 Å². The van der Waals surface area contributed by atoms with Gasteiger partial charge in [-0.3, -0.25) is 9.59 Å². The minimum Gasteiger partial charge on any atom is -0.362 e. The van der Waals surface area contributed by atoms with E-state index < -0.39 is 17.6 Å². The van der Waals surface area contributed by atoms with Crippen molar-refractivity contribution in [3.63, 3.8) is 0 Å². The number of halogens is 3. The van der Waals surface area contributed by atoms with Crippen molar-refractivity contribution < 1.29 is 18.7 Å². The highest BCUT2D eigenvalue weighted by molar-refractivity contribution is 6.43. The molecule has 2 rings (SSSR count). The fourth-order valence-corrected chi connectivity index (χ4v) is 2.10. The molecule has 0 aromatic heterocycles. The van der Waals surface area contributed by atoms with Crippen LogP contribution in [0.25, 0.3) is 0 Å². The normalized spacial score (nSPS) is 10.3. The molecule has 0 aliphatic heterocycles. The second-order valence-electron chi connectivity index (χ2n) is 4.70. The molecule has 5 nitrogen and oxygen atoms in total. The molecule has 24 heavy (non-hydrogen) atoms. The first-order valence-corrected chi connectivity index (χ1v) is 7.58. The molecule has 0 radical (unpaired) electrons. The minimum absolute atomic E-state index is 0.224. The first kappa shape index (κ1) is 18.2. The molecule has 0 atom stereocenters. The Morgan fingerprint density at radius 2 is 1.58 bits per heavy atom. The Bertz CT molecular complexity index is 739. The second kappa shape index (κ2) is 8.63. The van der Waals surface area contributed by atoms with Crippen LogP contribution in [0.15, 0.2) is 42.5 Å². The van der Waals surface area contributed by atoms with Crippen LogP contribution in [0.4, 0.5) is 15.8 Å². The van der Waals surface area contributed by atoms with Gasteiger partial charge in [0.25, 0.3) is 0 Å². The van der Waals surface area contributed by atoms with Crippen LogP contribution >= 0.6 is 23.2 Å². The summed E-state index contributed by atoms with van der Waals surface area (Å²) in [5, 5.41) is 5.57. The number of ether oxygens (including phenoxy) is 1. The molecule has 0 unspecified atom stereocenters. The van der Waals surface area contributed by atoms with Crippen LogP contribution in [0.1, 0.15) is 0 Å². The van der Waals surface area contributed by atoms with Gasteiger partial charge in [0.1, 0.15) is 19.0 Å². The highest BCUT2D eigenvalue weighted by atomic mass is 35.5. The average Bonchev–Trinajstić information content (AvgIpc) is 2.54. The average molecular weight is 371 g/mol. The number of rotatable bonds is 6. The Balaban J connectivity index is 1.75. The third kappa shape index (κ3) is 5.49. The maximum atomic E-state index is 12.7. The van der Waals surface area contributed by atoms with Crippen molar-refractivity contribution in [2.75, 3.05) is 23.8 Å². The summed E-state index contributed by atoms with van der Waals surface area (Å²) in [6.45, 7) is -0.659. The second-order valence-corrected chi connectivity index (χ2v) is 5.48. The lowest BCUT2D eigenvalue weighted by Crippen LogP contribution is -2.24. The summed E-state index contributed by atoms with van der Waals surface area (Å²) < 4.78 is 17.8. The lowest BCUT2D eigenvalue weighted by Gasteiger charge is -2.09. The summed E-state index contributed by atoms with van der Waals surface area (Å²) in [6.07, 6.45) is 0. The van der Waals surface area contributed by atoms with Gasteiger partial charge in [-0.05, 0) is 36.4 Å². The van der Waals surface area contributed by atoms with Gasteiger partial charge in [0, 0.05) is 5.69 Å². The molecule has 0 saturated heterocycles. The zero-order valence-electron chi connectivity index (χ0n) is 12.3. The molecule has 0 aliphatic carbocycles. The summed E-state index contributed by atoms with van der Waals surface area (Å²) in [7, 11) is 0. The van der Waals surface area contributed by atoms with Gasteiger partial charge in [0.15, 0.2) is 0 Å². The van der Waals surface area contributed by atoms with E-state index in [1.807, 2.05) is 0 Å². The third-order valence-corrected chi connectivity index (χ3v) is 3.64. The van der Waals surface area contributed by atoms with Gasteiger partial charge in [-0.2, -0.15) is 0 Å². The van der Waals surface area contributed by atoms with E-state index in [9.17, 15) is 14.0 Å². The van der Waals surface area contributed by atoms with Crippen molar-refractivity contribution in [1.29, 1.82) is 0 Å². The summed E-state index contributed by atoms with van der Waals surface area (Å²) in [5.74, 6) is -1.34. The van der Waals surface area contributed by atoms with Crippen molar-refractivity contribution in [3.8, 4) is 0 Å². The van der Waals surface area contributed by atoms with E-state index in [4.69, 9.17) is 27.9 Å². The molecule has 0 spiro atoms. The minimum atomic E-state index is -0.478. The molecule has 2 N–H and O–H groups in total. The highest BCUT2D eigenvalue weighted by Gasteiger charge is 2.09. The zero-order valence-corrected chi connectivity index (χ0v) is 13.8. The molecule has 0 aliphatic rings. The maximum Gasteiger partial charge on any atom is 0.250 e. The van der Waals surface area contributed by atoms with Crippen LogP contribution in [-0.4, -0.2) is 25.0 Å². The van der Waals surface area contributed by atoms with Crippen LogP contribution in [0.2, 0.25) is 10.0 Å². The molecule has 126 valence electrons. The van der Waals surface area contributed by atoms with Crippen LogP contribution in [0, 0.1) is 5.82 Å². The van der Waals surface area contributed by atoms with Gasteiger partial charge >= 0.3 is 0 Å². The van der Waals surface area contributed by atoms with Crippen LogP contribution in [0.5, 0.6) is 0 Å². The third-order valence-electron chi connectivity index (χ3n) is 2.82. The van der Waals surface area contributed by atoms with Crippen LogP contribution < -0.4 is 10.6 Å². The topological polar surface area (TPSA) is 67.4 Å². The quantitative estimate of drug-likeness (QED) is 0.813. The molecule has 2 aromatic rings. The number of amides is 2. The first-order valence-electron chi connectivity index (χ1n) is 6.83. The summed E-state index contributed by atoms with van der Waals surface area (Å²) in [6, 6.07) is 10.1. The SMILES string of the molecule is O=C(COCC(=O)Nc1cccc(Cl)c1Cl)Nc1ccc(F)cc1. The monoisotopic (exact) mass is 370 g/mol. The van der Waals surface area contributed by atoms with Crippen LogP contribution in [0.3, 0.4) is 0 Å². The molecule has 0 fully saturated rings. The number of benzene rings is 2. The molecule has 0 bridgehead atoms. The molecule has 2 amide bonds. The molecule has 8 heteroatoms. The van der Waals surface area contributed by atoms with E-state index in [-0.39, 0.29) is 18.2 Å². The lowest BCUT2D eigenvalue weighted by molar-refractivity contribution is -0.125. The Kier molecular flexibility index (Phi) is 6.54. The number of nitrogens with one attached hydrogen (secondary N) is 2. The predicted molar refractivity (Wildman–Crippen MR) is 90.9 cm³/mol. The number of hydrogen-bond donors (Lipinski definition) is 2. The maximum absolute atomic E-state index is 12.7. The van der Waals surface area contributed by atoms with Crippen LogP contribution in [-0.2, 0) is 14.3 Å². The Morgan fingerprint density at radius 1 is 0.958 bits per heavy atom. The Labute approximate surface area is 147 Å². The number of carbonyl (C=O) groups is 2. The van der Waals surface area contributed by atoms with Crippen molar-refractivity contribution in [2.45, 2.75) is 0 Å². The van der Waals surface area contributed by atoms with Gasteiger partial charge in [0.2, 0.25) is 11.8 Å². The van der Waals surface area contributed by atoms with Crippen molar-refractivity contribution >= 4 is 46.4 Å². The molecule has 0 saturated carbocycles. The fraction of sp³-hybridized carbons (Fsp3) is 0.125. The first-order chi connectivity index (χ1) is 11.5. The summed E-state index contributed by atoms with van der Waals surface area (Å²) >= 11 is 11.8.